The number of benzene rings is 2. The Bertz CT molecular complexity index is 1450. The number of para-hydroxylation sites is 1. The quantitative estimate of drug-likeness (QED) is 0.111. The van der Waals surface area contributed by atoms with E-state index in [1.807, 2.05) is 6.07 Å². The Morgan fingerprint density at radius 3 is 2.14 bits per heavy atom. The lowest BCUT2D eigenvalue weighted by Gasteiger charge is -2.26. The van der Waals surface area contributed by atoms with Crippen molar-refractivity contribution >= 4 is 40.6 Å². The number of aromatic nitrogens is 1. The van der Waals surface area contributed by atoms with Gasteiger partial charge in [0.2, 0.25) is 17.7 Å². The van der Waals surface area contributed by atoms with Crippen LogP contribution in [-0.2, 0) is 36.8 Å². The number of aromatic amines is 1. The van der Waals surface area contributed by atoms with Crippen molar-refractivity contribution in [1.29, 1.82) is 0 Å². The van der Waals surface area contributed by atoms with E-state index < -0.39 is 72.8 Å². The second-order valence-corrected chi connectivity index (χ2v) is 10.2. The third kappa shape index (κ3) is 9.28. The van der Waals surface area contributed by atoms with Gasteiger partial charge in [0.1, 0.15) is 23.9 Å². The zero-order chi connectivity index (χ0) is 31.7. The van der Waals surface area contributed by atoms with Crippen molar-refractivity contribution in [2.24, 2.45) is 5.73 Å². The number of phenols is 1. The van der Waals surface area contributed by atoms with Gasteiger partial charge in [0.05, 0.1) is 12.1 Å². The van der Waals surface area contributed by atoms with E-state index in [2.05, 4.69) is 20.9 Å². The van der Waals surface area contributed by atoms with Crippen LogP contribution >= 0.6 is 0 Å². The molecule has 1 heterocycles. The Kier molecular flexibility index (Phi) is 11.2. The molecule has 0 saturated heterocycles. The molecule has 0 bridgehead atoms. The van der Waals surface area contributed by atoms with Crippen LogP contribution in [0.3, 0.4) is 0 Å². The molecule has 5 unspecified atom stereocenters. The number of carboxylic acids is 2. The highest BCUT2D eigenvalue weighted by Crippen LogP contribution is 2.19. The molecule has 0 aliphatic carbocycles. The number of hydrogen-bond donors (Lipinski definition) is 9. The standard InChI is InChI=1S/C29H35N5O9/c1-15(35)25(34-26(39)20(30)12-16-6-8-18(36)9-7-16)28(41)32-22(10-11-24(37)38)27(40)33-23(29(42)43)13-17-14-31-21-5-3-2-4-19(17)21/h2-9,14-15,20,22-23,25,31,35-36H,10-13,30H2,1H3,(H,32,41)(H,33,40)(H,34,39)(H,37,38)(H,42,43). The van der Waals surface area contributed by atoms with Gasteiger partial charge in [0.15, 0.2) is 0 Å². The van der Waals surface area contributed by atoms with Gasteiger partial charge in [-0.3, -0.25) is 19.2 Å². The van der Waals surface area contributed by atoms with Crippen molar-refractivity contribution in [3.05, 3.63) is 65.9 Å². The van der Waals surface area contributed by atoms with E-state index in [1.165, 1.54) is 19.1 Å². The molecule has 1 aromatic heterocycles. The van der Waals surface area contributed by atoms with Gasteiger partial charge >= 0.3 is 11.9 Å². The van der Waals surface area contributed by atoms with E-state index in [0.29, 0.717) is 11.1 Å². The number of nitrogens with two attached hydrogens (primary N) is 1. The van der Waals surface area contributed by atoms with Gasteiger partial charge in [-0.1, -0.05) is 30.3 Å². The fourth-order valence-electron chi connectivity index (χ4n) is 4.44. The fraction of sp³-hybridized carbons (Fsp3) is 0.345. The molecule has 5 atom stereocenters. The number of carboxylic acid groups (broad SMARTS) is 2. The molecular formula is C29H35N5O9. The van der Waals surface area contributed by atoms with Crippen LogP contribution in [0.1, 0.15) is 30.9 Å². The number of hydrogen-bond acceptors (Lipinski definition) is 8. The summed E-state index contributed by atoms with van der Waals surface area (Å²) in [6, 6.07) is 7.54. The maximum Gasteiger partial charge on any atom is 0.326 e. The number of amides is 3. The summed E-state index contributed by atoms with van der Waals surface area (Å²) in [5.74, 6) is -5.33. The Morgan fingerprint density at radius 2 is 1.51 bits per heavy atom. The second-order valence-electron chi connectivity index (χ2n) is 10.2. The predicted octanol–water partition coefficient (Wildman–Crippen LogP) is -0.229. The van der Waals surface area contributed by atoms with Crippen molar-refractivity contribution < 1.29 is 44.4 Å². The molecule has 2 aromatic carbocycles. The number of H-pyrrole nitrogens is 1. The molecule has 230 valence electrons. The SMILES string of the molecule is CC(O)C(NC(=O)C(N)Cc1ccc(O)cc1)C(=O)NC(CCC(=O)O)C(=O)NC(Cc1c[nH]c2ccccc12)C(=O)O. The van der Waals surface area contributed by atoms with Gasteiger partial charge in [-0.15, -0.1) is 0 Å². The number of rotatable bonds is 15. The summed E-state index contributed by atoms with van der Waals surface area (Å²) in [5, 5.41) is 46.4. The first-order valence-electron chi connectivity index (χ1n) is 13.5. The second kappa shape index (κ2) is 14.8. The molecule has 0 saturated carbocycles. The highest BCUT2D eigenvalue weighted by molar-refractivity contribution is 5.95. The van der Waals surface area contributed by atoms with Gasteiger partial charge in [-0.05, 0) is 49.1 Å². The maximum atomic E-state index is 13.2. The monoisotopic (exact) mass is 597 g/mol. The van der Waals surface area contributed by atoms with E-state index in [9.17, 15) is 39.3 Å². The van der Waals surface area contributed by atoms with E-state index in [4.69, 9.17) is 10.8 Å². The number of carbonyl (C=O) groups is 5. The summed E-state index contributed by atoms with van der Waals surface area (Å²) in [4.78, 5) is 65.3. The molecule has 43 heavy (non-hydrogen) atoms. The lowest BCUT2D eigenvalue weighted by atomic mass is 10.0. The number of nitrogens with one attached hydrogen (secondary N) is 4. The van der Waals surface area contributed by atoms with Gasteiger partial charge in [-0.2, -0.15) is 0 Å². The molecule has 0 fully saturated rings. The maximum absolute atomic E-state index is 13.2. The molecule has 0 radical (unpaired) electrons. The third-order valence-corrected chi connectivity index (χ3v) is 6.78. The predicted molar refractivity (Wildman–Crippen MR) is 154 cm³/mol. The number of aliphatic hydroxyl groups excluding tert-OH is 1. The normalized spacial score (nSPS) is 14.6. The number of carbonyl (C=O) groups excluding carboxylic acids is 3. The average molecular weight is 598 g/mol. The van der Waals surface area contributed by atoms with Crippen LogP contribution in [0.15, 0.2) is 54.7 Å². The van der Waals surface area contributed by atoms with Crippen LogP contribution in [0, 0.1) is 0 Å². The lowest BCUT2D eigenvalue weighted by Crippen LogP contribution is -2.60. The van der Waals surface area contributed by atoms with Gasteiger partial charge in [0, 0.05) is 29.9 Å². The van der Waals surface area contributed by atoms with Crippen molar-refractivity contribution in [1.82, 2.24) is 20.9 Å². The number of aliphatic carboxylic acids is 2. The smallest absolute Gasteiger partial charge is 0.326 e. The first-order valence-corrected chi connectivity index (χ1v) is 13.5. The molecule has 14 heteroatoms. The molecule has 0 aliphatic heterocycles. The molecule has 3 rings (SSSR count). The fourth-order valence-corrected chi connectivity index (χ4v) is 4.44. The van der Waals surface area contributed by atoms with Gasteiger partial charge in [-0.25, -0.2) is 4.79 Å². The molecule has 3 aromatic rings. The summed E-state index contributed by atoms with van der Waals surface area (Å²) in [7, 11) is 0. The first kappa shape index (κ1) is 32.6. The number of aliphatic hydroxyl groups is 1. The number of fused-ring (bicyclic) bond motifs is 1. The first-order chi connectivity index (χ1) is 20.3. The van der Waals surface area contributed by atoms with Crippen LogP contribution in [-0.4, -0.2) is 85.3 Å². The Balaban J connectivity index is 1.71. The summed E-state index contributed by atoms with van der Waals surface area (Å²) < 4.78 is 0. The summed E-state index contributed by atoms with van der Waals surface area (Å²) in [6.45, 7) is 1.23. The topological polar surface area (TPSA) is 244 Å². The molecule has 3 amide bonds. The largest absolute Gasteiger partial charge is 0.508 e. The molecule has 14 nitrogen and oxygen atoms in total. The highest BCUT2D eigenvalue weighted by Gasteiger charge is 2.33. The van der Waals surface area contributed by atoms with Gasteiger partial charge < -0.3 is 47.1 Å². The van der Waals surface area contributed by atoms with Crippen molar-refractivity contribution in [3.63, 3.8) is 0 Å². The molecule has 0 aliphatic rings. The Morgan fingerprint density at radius 1 is 0.860 bits per heavy atom. The minimum Gasteiger partial charge on any atom is -0.508 e. The third-order valence-electron chi connectivity index (χ3n) is 6.78. The van der Waals surface area contributed by atoms with Crippen molar-refractivity contribution in [2.45, 2.75) is 62.9 Å². The van der Waals surface area contributed by atoms with E-state index in [1.54, 1.807) is 36.5 Å². The van der Waals surface area contributed by atoms with Crippen LogP contribution in [0.4, 0.5) is 0 Å². The molecular weight excluding hydrogens is 562 g/mol. The Labute approximate surface area is 246 Å². The number of aromatic hydroxyl groups is 1. The van der Waals surface area contributed by atoms with Crippen LogP contribution in [0.25, 0.3) is 10.9 Å². The minimum atomic E-state index is -1.57. The summed E-state index contributed by atoms with van der Waals surface area (Å²) in [5.41, 5.74) is 7.99. The highest BCUT2D eigenvalue weighted by atomic mass is 16.4. The van der Waals surface area contributed by atoms with E-state index >= 15 is 0 Å². The number of phenolic OH excluding ortho intramolecular Hbond substituents is 1. The van der Waals surface area contributed by atoms with Crippen LogP contribution in [0.5, 0.6) is 5.75 Å². The lowest BCUT2D eigenvalue weighted by molar-refractivity contribution is -0.143. The molecule has 0 spiro atoms. The summed E-state index contributed by atoms with van der Waals surface area (Å²) in [6.07, 6.45) is -0.803. The minimum absolute atomic E-state index is 0.0294. The van der Waals surface area contributed by atoms with E-state index in [0.717, 1.165) is 10.9 Å². The van der Waals surface area contributed by atoms with Gasteiger partial charge in [0.25, 0.3) is 0 Å². The van der Waals surface area contributed by atoms with E-state index in [-0.39, 0.29) is 18.6 Å². The zero-order valence-electron chi connectivity index (χ0n) is 23.3. The summed E-state index contributed by atoms with van der Waals surface area (Å²) >= 11 is 0. The Hall–Kier alpha value is -4.95. The van der Waals surface area contributed by atoms with Crippen molar-refractivity contribution in [3.8, 4) is 5.75 Å². The average Bonchev–Trinajstić information content (AvgIpc) is 3.36. The molecule has 10 N–H and O–H groups in total. The van der Waals surface area contributed by atoms with Crippen molar-refractivity contribution in [2.75, 3.05) is 0 Å². The zero-order valence-corrected chi connectivity index (χ0v) is 23.3. The van der Waals surface area contributed by atoms with Crippen LogP contribution < -0.4 is 21.7 Å². The van der Waals surface area contributed by atoms with Crippen LogP contribution in [0.2, 0.25) is 0 Å².